The summed E-state index contributed by atoms with van der Waals surface area (Å²) in [7, 11) is 0. The standard InChI is InChI=1S/C22H24N4O3/c27-22(26-11-10-25-9-2-1-5-17(25)13-26)20-14-29-21(24-20)15-28-18-6-7-19-16(12-18)4-3-8-23-19/h3-4,6-8,12,14,17H,1-2,5,9-11,13,15H2. The molecule has 0 aliphatic carbocycles. The van der Waals surface area contributed by atoms with Crippen LogP contribution >= 0.6 is 0 Å². The maximum Gasteiger partial charge on any atom is 0.275 e. The number of carbonyl (C=O) groups is 1. The number of piperazine rings is 1. The molecule has 2 aliphatic heterocycles. The Morgan fingerprint density at radius 2 is 2.17 bits per heavy atom. The van der Waals surface area contributed by atoms with E-state index in [4.69, 9.17) is 9.15 Å². The van der Waals surface area contributed by atoms with Gasteiger partial charge in [0, 0.05) is 37.3 Å². The molecule has 7 nitrogen and oxygen atoms in total. The maximum absolute atomic E-state index is 12.8. The van der Waals surface area contributed by atoms with Gasteiger partial charge in [-0.15, -0.1) is 0 Å². The molecule has 1 aromatic carbocycles. The minimum Gasteiger partial charge on any atom is -0.484 e. The Labute approximate surface area is 169 Å². The minimum atomic E-state index is -0.0537. The van der Waals surface area contributed by atoms with Gasteiger partial charge in [-0.2, -0.15) is 0 Å². The monoisotopic (exact) mass is 392 g/mol. The summed E-state index contributed by atoms with van der Waals surface area (Å²) in [5.74, 6) is 1.06. The van der Waals surface area contributed by atoms with Crippen molar-refractivity contribution < 1.29 is 13.9 Å². The van der Waals surface area contributed by atoms with E-state index in [0.29, 0.717) is 23.4 Å². The van der Waals surface area contributed by atoms with Crippen molar-refractivity contribution in [2.75, 3.05) is 26.2 Å². The molecular weight excluding hydrogens is 368 g/mol. The second-order valence-corrected chi connectivity index (χ2v) is 7.71. The average molecular weight is 392 g/mol. The van der Waals surface area contributed by atoms with Gasteiger partial charge in [-0.3, -0.25) is 14.7 Å². The van der Waals surface area contributed by atoms with E-state index in [1.165, 1.54) is 25.5 Å². The van der Waals surface area contributed by atoms with Crippen molar-refractivity contribution in [2.24, 2.45) is 0 Å². The highest BCUT2D eigenvalue weighted by atomic mass is 16.5. The summed E-state index contributed by atoms with van der Waals surface area (Å²) in [4.78, 5) is 25.9. The minimum absolute atomic E-state index is 0.0537. The molecular formula is C22H24N4O3. The summed E-state index contributed by atoms with van der Waals surface area (Å²) in [6.45, 7) is 3.81. The number of amides is 1. The van der Waals surface area contributed by atoms with Crippen molar-refractivity contribution in [2.45, 2.75) is 31.9 Å². The van der Waals surface area contributed by atoms with Crippen LogP contribution in [0.5, 0.6) is 5.75 Å². The van der Waals surface area contributed by atoms with E-state index in [2.05, 4.69) is 14.9 Å². The molecule has 1 atom stereocenters. The molecule has 2 aliphatic rings. The Morgan fingerprint density at radius 3 is 3.14 bits per heavy atom. The molecule has 0 radical (unpaired) electrons. The van der Waals surface area contributed by atoms with Crippen LogP contribution in [0.2, 0.25) is 0 Å². The van der Waals surface area contributed by atoms with Gasteiger partial charge in [0.1, 0.15) is 12.0 Å². The number of pyridine rings is 1. The zero-order valence-corrected chi connectivity index (χ0v) is 16.3. The third-order valence-electron chi connectivity index (χ3n) is 5.83. The third-order valence-corrected chi connectivity index (χ3v) is 5.83. The number of benzene rings is 1. The Balaban J connectivity index is 1.21. The first-order chi connectivity index (χ1) is 14.3. The SMILES string of the molecule is O=C(c1coc(COc2ccc3ncccc3c2)n1)N1CCN2CCCCC2C1. The van der Waals surface area contributed by atoms with Gasteiger partial charge in [-0.25, -0.2) is 4.98 Å². The molecule has 7 heteroatoms. The second kappa shape index (κ2) is 7.83. The lowest BCUT2D eigenvalue weighted by Crippen LogP contribution is -2.56. The molecule has 3 aromatic rings. The zero-order chi connectivity index (χ0) is 19.6. The van der Waals surface area contributed by atoms with Crippen LogP contribution in [0.1, 0.15) is 35.6 Å². The highest BCUT2D eigenvalue weighted by Crippen LogP contribution is 2.23. The highest BCUT2D eigenvalue weighted by Gasteiger charge is 2.32. The van der Waals surface area contributed by atoms with Gasteiger partial charge in [0.25, 0.3) is 5.91 Å². The molecule has 29 heavy (non-hydrogen) atoms. The van der Waals surface area contributed by atoms with Crippen LogP contribution in [0.25, 0.3) is 10.9 Å². The number of hydrogen-bond acceptors (Lipinski definition) is 6. The fraction of sp³-hybridized carbons (Fsp3) is 0.409. The summed E-state index contributed by atoms with van der Waals surface area (Å²) in [6.07, 6.45) is 6.90. The normalized spacial score (nSPS) is 19.9. The van der Waals surface area contributed by atoms with E-state index in [-0.39, 0.29) is 12.5 Å². The largest absolute Gasteiger partial charge is 0.484 e. The van der Waals surface area contributed by atoms with Gasteiger partial charge in [-0.1, -0.05) is 12.5 Å². The molecule has 0 N–H and O–H groups in total. The van der Waals surface area contributed by atoms with Crippen molar-refractivity contribution in [1.82, 2.24) is 19.8 Å². The maximum atomic E-state index is 12.8. The van der Waals surface area contributed by atoms with Crippen LogP contribution in [-0.4, -0.2) is 57.9 Å². The second-order valence-electron chi connectivity index (χ2n) is 7.71. The van der Waals surface area contributed by atoms with Crippen LogP contribution in [0.4, 0.5) is 0 Å². The molecule has 5 rings (SSSR count). The number of nitrogens with zero attached hydrogens (tertiary/aromatic N) is 4. The number of oxazole rings is 1. The lowest BCUT2D eigenvalue weighted by Gasteiger charge is -2.43. The number of aromatic nitrogens is 2. The number of ether oxygens (including phenoxy) is 1. The predicted molar refractivity (Wildman–Crippen MR) is 108 cm³/mol. The van der Waals surface area contributed by atoms with Gasteiger partial charge in [0.2, 0.25) is 5.89 Å². The van der Waals surface area contributed by atoms with Crippen molar-refractivity contribution in [3.05, 3.63) is 54.4 Å². The summed E-state index contributed by atoms with van der Waals surface area (Å²) in [5.41, 5.74) is 1.28. The molecule has 1 unspecified atom stereocenters. The first-order valence-electron chi connectivity index (χ1n) is 10.2. The number of hydrogen-bond donors (Lipinski definition) is 0. The summed E-state index contributed by atoms with van der Waals surface area (Å²) in [6, 6.07) is 10.1. The van der Waals surface area contributed by atoms with Gasteiger partial charge < -0.3 is 14.1 Å². The van der Waals surface area contributed by atoms with Gasteiger partial charge in [0.15, 0.2) is 12.3 Å². The lowest BCUT2D eigenvalue weighted by atomic mass is 9.99. The lowest BCUT2D eigenvalue weighted by molar-refractivity contribution is 0.0368. The van der Waals surface area contributed by atoms with E-state index in [0.717, 1.165) is 37.1 Å². The zero-order valence-electron chi connectivity index (χ0n) is 16.3. The number of rotatable bonds is 4. The van der Waals surface area contributed by atoms with E-state index >= 15 is 0 Å². The Hall–Kier alpha value is -2.93. The molecule has 4 heterocycles. The first-order valence-corrected chi connectivity index (χ1v) is 10.2. The number of piperidine rings is 1. The molecule has 0 bridgehead atoms. The van der Waals surface area contributed by atoms with Gasteiger partial charge >= 0.3 is 0 Å². The highest BCUT2D eigenvalue weighted by molar-refractivity contribution is 5.92. The van der Waals surface area contributed by atoms with Crippen LogP contribution in [-0.2, 0) is 6.61 Å². The van der Waals surface area contributed by atoms with E-state index < -0.39 is 0 Å². The number of carbonyl (C=O) groups excluding carboxylic acids is 1. The van der Waals surface area contributed by atoms with Crippen molar-refractivity contribution in [3.8, 4) is 5.75 Å². The Bertz CT molecular complexity index is 1020. The fourth-order valence-electron chi connectivity index (χ4n) is 4.27. The smallest absolute Gasteiger partial charge is 0.275 e. The molecule has 2 saturated heterocycles. The van der Waals surface area contributed by atoms with E-state index in [1.54, 1.807) is 6.20 Å². The van der Waals surface area contributed by atoms with Crippen molar-refractivity contribution in [1.29, 1.82) is 0 Å². The van der Waals surface area contributed by atoms with Crippen molar-refractivity contribution >= 4 is 16.8 Å². The van der Waals surface area contributed by atoms with E-state index in [9.17, 15) is 4.79 Å². The van der Waals surface area contributed by atoms with Crippen molar-refractivity contribution in [3.63, 3.8) is 0 Å². The van der Waals surface area contributed by atoms with E-state index in [1.807, 2.05) is 35.2 Å². The number of fused-ring (bicyclic) bond motifs is 2. The summed E-state index contributed by atoms with van der Waals surface area (Å²) in [5, 5.41) is 1.01. The topological polar surface area (TPSA) is 71.7 Å². The van der Waals surface area contributed by atoms with Crippen LogP contribution in [0.15, 0.2) is 47.2 Å². The van der Waals surface area contributed by atoms with Crippen LogP contribution in [0.3, 0.4) is 0 Å². The average Bonchev–Trinajstić information content (AvgIpc) is 3.26. The first kappa shape index (κ1) is 18.1. The van der Waals surface area contributed by atoms with Gasteiger partial charge in [-0.05, 0) is 43.7 Å². The molecule has 0 spiro atoms. The van der Waals surface area contributed by atoms with Gasteiger partial charge in [0.05, 0.1) is 5.52 Å². The molecule has 150 valence electrons. The van der Waals surface area contributed by atoms with Crippen LogP contribution < -0.4 is 4.74 Å². The summed E-state index contributed by atoms with van der Waals surface area (Å²) < 4.78 is 11.3. The molecule has 2 fully saturated rings. The Kier molecular flexibility index (Phi) is 4.89. The quantitative estimate of drug-likeness (QED) is 0.679. The predicted octanol–water partition coefficient (Wildman–Crippen LogP) is 3.11. The summed E-state index contributed by atoms with van der Waals surface area (Å²) >= 11 is 0. The fourth-order valence-corrected chi connectivity index (χ4v) is 4.27. The molecule has 0 saturated carbocycles. The van der Waals surface area contributed by atoms with Crippen LogP contribution in [0, 0.1) is 0 Å². The molecule has 2 aromatic heterocycles. The Morgan fingerprint density at radius 1 is 1.21 bits per heavy atom. The molecule has 1 amide bonds. The third kappa shape index (κ3) is 3.82.